The van der Waals surface area contributed by atoms with E-state index < -0.39 is 0 Å². The third kappa shape index (κ3) is 4.48. The molecule has 112 valence electrons. The van der Waals surface area contributed by atoms with Crippen molar-refractivity contribution in [1.29, 1.82) is 0 Å². The van der Waals surface area contributed by atoms with Crippen LogP contribution in [0.1, 0.15) is 63.5 Å². The average Bonchev–Trinajstić information content (AvgIpc) is 2.74. The van der Waals surface area contributed by atoms with E-state index in [0.717, 1.165) is 11.7 Å². The number of aromatic nitrogens is 1. The van der Waals surface area contributed by atoms with Gasteiger partial charge in [0.15, 0.2) is 0 Å². The molecule has 0 aromatic carbocycles. The summed E-state index contributed by atoms with van der Waals surface area (Å²) in [5.74, 6) is 1.73. The van der Waals surface area contributed by atoms with Crippen molar-refractivity contribution in [3.8, 4) is 5.75 Å². The van der Waals surface area contributed by atoms with E-state index in [0.29, 0.717) is 12.6 Å². The Morgan fingerprint density at radius 2 is 2.00 bits per heavy atom. The van der Waals surface area contributed by atoms with Gasteiger partial charge in [-0.3, -0.25) is 4.98 Å². The van der Waals surface area contributed by atoms with Crippen LogP contribution in [-0.2, 0) is 0 Å². The summed E-state index contributed by atoms with van der Waals surface area (Å²) in [6.45, 7) is 2.70. The van der Waals surface area contributed by atoms with E-state index in [1.165, 1.54) is 50.5 Å². The van der Waals surface area contributed by atoms with Gasteiger partial charge in [-0.1, -0.05) is 38.5 Å². The molecule has 20 heavy (non-hydrogen) atoms. The fraction of sp³-hybridized carbons (Fsp3) is 0.706. The first kappa shape index (κ1) is 15.3. The number of ether oxygens (including phenoxy) is 1. The molecule has 3 heteroatoms. The predicted octanol–water partition coefficient (Wildman–Crippen LogP) is 4.10. The van der Waals surface area contributed by atoms with Gasteiger partial charge in [0.05, 0.1) is 12.8 Å². The lowest BCUT2D eigenvalue weighted by Crippen LogP contribution is -2.20. The van der Waals surface area contributed by atoms with Crippen LogP contribution >= 0.6 is 0 Å². The molecule has 0 saturated heterocycles. The van der Waals surface area contributed by atoms with Crippen LogP contribution in [0.25, 0.3) is 0 Å². The Kier molecular flexibility index (Phi) is 6.31. The van der Waals surface area contributed by atoms with Crippen LogP contribution in [0.5, 0.6) is 5.75 Å². The highest BCUT2D eigenvalue weighted by molar-refractivity contribution is 5.26. The topological polar surface area (TPSA) is 34.1 Å². The zero-order chi connectivity index (χ0) is 14.2. The molecule has 0 amide bonds. The van der Waals surface area contributed by atoms with Gasteiger partial charge >= 0.3 is 0 Å². The number of nitrogens with zero attached hydrogens (tertiary/aromatic N) is 1. The van der Waals surface area contributed by atoms with Gasteiger partial charge in [0.1, 0.15) is 5.75 Å². The highest BCUT2D eigenvalue weighted by Gasteiger charge is 2.19. The lowest BCUT2D eigenvalue weighted by Gasteiger charge is -2.22. The summed E-state index contributed by atoms with van der Waals surface area (Å²) in [6, 6.07) is 2.53. The molecule has 0 radical (unpaired) electrons. The van der Waals surface area contributed by atoms with E-state index in [1.54, 1.807) is 6.20 Å². The summed E-state index contributed by atoms with van der Waals surface area (Å²) in [5.41, 5.74) is 1.25. The molecule has 0 aliphatic heterocycles. The van der Waals surface area contributed by atoms with E-state index in [4.69, 9.17) is 4.74 Å². The minimum atomic E-state index is 0.394. The predicted molar refractivity (Wildman–Crippen MR) is 83.0 cm³/mol. The molecule has 1 heterocycles. The number of nitrogens with one attached hydrogen (secondary N) is 1. The first-order chi connectivity index (χ1) is 9.83. The summed E-state index contributed by atoms with van der Waals surface area (Å²) >= 11 is 0. The van der Waals surface area contributed by atoms with Gasteiger partial charge < -0.3 is 10.1 Å². The Labute approximate surface area is 123 Å². The summed E-state index contributed by atoms with van der Waals surface area (Å²) in [4.78, 5) is 4.32. The Morgan fingerprint density at radius 1 is 1.25 bits per heavy atom. The summed E-state index contributed by atoms with van der Waals surface area (Å²) in [6.07, 6.45) is 13.4. The number of hydrogen-bond acceptors (Lipinski definition) is 3. The smallest absolute Gasteiger partial charge is 0.137 e. The molecule has 1 unspecified atom stereocenters. The van der Waals surface area contributed by atoms with Crippen molar-refractivity contribution < 1.29 is 4.74 Å². The van der Waals surface area contributed by atoms with Gasteiger partial charge in [0, 0.05) is 12.2 Å². The highest BCUT2D eigenvalue weighted by Crippen LogP contribution is 2.31. The lowest BCUT2D eigenvalue weighted by atomic mass is 9.90. The summed E-state index contributed by atoms with van der Waals surface area (Å²) < 4.78 is 5.56. The van der Waals surface area contributed by atoms with Crippen LogP contribution in [0.3, 0.4) is 0 Å². The Hall–Kier alpha value is -1.09. The van der Waals surface area contributed by atoms with Gasteiger partial charge in [-0.2, -0.15) is 0 Å². The number of pyridine rings is 1. The van der Waals surface area contributed by atoms with Crippen molar-refractivity contribution in [3.05, 3.63) is 24.0 Å². The molecule has 2 rings (SSSR count). The average molecular weight is 276 g/mol. The minimum absolute atomic E-state index is 0.394. The zero-order valence-electron chi connectivity index (χ0n) is 12.9. The van der Waals surface area contributed by atoms with Crippen molar-refractivity contribution in [2.45, 2.75) is 57.9 Å². The molecule has 1 N–H and O–H groups in total. The van der Waals surface area contributed by atoms with Crippen LogP contribution in [0.15, 0.2) is 18.5 Å². The molecule has 1 aliphatic rings. The van der Waals surface area contributed by atoms with Crippen molar-refractivity contribution >= 4 is 0 Å². The maximum atomic E-state index is 5.56. The van der Waals surface area contributed by atoms with Crippen LogP contribution in [-0.4, -0.2) is 18.6 Å². The molecule has 1 aromatic heterocycles. The number of rotatable bonds is 6. The Morgan fingerprint density at radius 3 is 2.65 bits per heavy atom. The van der Waals surface area contributed by atoms with Crippen LogP contribution in [0.4, 0.5) is 0 Å². The first-order valence-electron chi connectivity index (χ1n) is 8.08. The number of hydrogen-bond donors (Lipinski definition) is 1. The molecular formula is C17H28N2O. The third-order valence-electron chi connectivity index (χ3n) is 4.34. The van der Waals surface area contributed by atoms with E-state index in [1.807, 2.05) is 13.1 Å². The molecule has 0 spiro atoms. The van der Waals surface area contributed by atoms with Gasteiger partial charge in [0.2, 0.25) is 0 Å². The van der Waals surface area contributed by atoms with Crippen molar-refractivity contribution in [2.24, 2.45) is 5.92 Å². The van der Waals surface area contributed by atoms with Crippen molar-refractivity contribution in [3.63, 3.8) is 0 Å². The molecule has 1 aliphatic carbocycles. The standard InChI is InChI=1S/C17H28N2O/c1-3-20-16-11-15(12-19-13-16)17(18-2)10-14-8-6-4-5-7-9-14/h11-14,17-18H,3-10H2,1-2H3. The highest BCUT2D eigenvalue weighted by atomic mass is 16.5. The van der Waals surface area contributed by atoms with E-state index in [9.17, 15) is 0 Å². The second-order valence-electron chi connectivity index (χ2n) is 5.82. The van der Waals surface area contributed by atoms with Gasteiger partial charge in [0.25, 0.3) is 0 Å². The van der Waals surface area contributed by atoms with Crippen LogP contribution in [0, 0.1) is 5.92 Å². The normalized spacial score (nSPS) is 18.5. The maximum Gasteiger partial charge on any atom is 0.137 e. The summed E-state index contributed by atoms with van der Waals surface area (Å²) in [7, 11) is 2.05. The fourth-order valence-corrected chi connectivity index (χ4v) is 3.23. The quantitative estimate of drug-likeness (QED) is 0.794. The van der Waals surface area contributed by atoms with Crippen molar-refractivity contribution in [2.75, 3.05) is 13.7 Å². The van der Waals surface area contributed by atoms with E-state index >= 15 is 0 Å². The molecular weight excluding hydrogens is 248 g/mol. The van der Waals surface area contributed by atoms with Crippen LogP contribution in [0.2, 0.25) is 0 Å². The van der Waals surface area contributed by atoms with Gasteiger partial charge in [-0.05, 0) is 37.9 Å². The van der Waals surface area contributed by atoms with Crippen LogP contribution < -0.4 is 10.1 Å². The first-order valence-corrected chi connectivity index (χ1v) is 8.08. The molecule has 1 aromatic rings. The second kappa shape index (κ2) is 8.25. The largest absolute Gasteiger partial charge is 0.492 e. The molecule has 0 bridgehead atoms. The summed E-state index contributed by atoms with van der Waals surface area (Å²) in [5, 5.41) is 3.46. The van der Waals surface area contributed by atoms with Crippen molar-refractivity contribution in [1.82, 2.24) is 10.3 Å². The molecule has 1 saturated carbocycles. The molecule has 1 fully saturated rings. The monoisotopic (exact) mass is 276 g/mol. The van der Waals surface area contributed by atoms with Gasteiger partial charge in [-0.25, -0.2) is 0 Å². The second-order valence-corrected chi connectivity index (χ2v) is 5.82. The lowest BCUT2D eigenvalue weighted by molar-refractivity contribution is 0.335. The van der Waals surface area contributed by atoms with E-state index in [2.05, 4.69) is 23.4 Å². The Balaban J connectivity index is 2.01. The Bertz CT molecular complexity index is 386. The van der Waals surface area contributed by atoms with Gasteiger partial charge in [-0.15, -0.1) is 0 Å². The minimum Gasteiger partial charge on any atom is -0.492 e. The maximum absolute atomic E-state index is 5.56. The zero-order valence-corrected chi connectivity index (χ0v) is 12.9. The fourth-order valence-electron chi connectivity index (χ4n) is 3.23. The molecule has 1 atom stereocenters. The SMILES string of the molecule is CCOc1cncc(C(CC2CCCCCC2)NC)c1. The third-order valence-corrected chi connectivity index (χ3v) is 4.34. The molecule has 3 nitrogen and oxygen atoms in total. The van der Waals surface area contributed by atoms with E-state index in [-0.39, 0.29) is 0 Å².